The zero-order chi connectivity index (χ0) is 11.2. The van der Waals surface area contributed by atoms with Crippen LogP contribution in [0.5, 0.6) is 0 Å². The number of rotatable bonds is 3. The average molecular weight is 215 g/mol. The van der Waals surface area contributed by atoms with E-state index in [0.717, 1.165) is 18.4 Å². The van der Waals surface area contributed by atoms with E-state index in [4.69, 9.17) is 0 Å². The van der Waals surface area contributed by atoms with Crippen LogP contribution >= 0.6 is 0 Å². The van der Waals surface area contributed by atoms with Crippen LogP contribution < -0.4 is 0 Å². The molecule has 1 aliphatic rings. The Hall–Kier alpha value is -1.44. The summed E-state index contributed by atoms with van der Waals surface area (Å²) in [6.45, 7) is 0. The number of carbonyl (C=O) groups is 1. The van der Waals surface area contributed by atoms with E-state index in [2.05, 4.69) is 4.99 Å². The fourth-order valence-electron chi connectivity index (χ4n) is 2.08. The number of ketones is 1. The molecule has 0 unspecified atom stereocenters. The molecule has 1 saturated carbocycles. The second-order valence-electron chi connectivity index (χ2n) is 4.30. The Morgan fingerprint density at radius 3 is 2.50 bits per heavy atom. The standard InChI is InChI=1S/C14H17NO/c16-14(12-7-3-1-4-8-12)11-15-13-9-5-2-6-10-13/h1,3-4,7-8,11,13H,2,5-6,9-10H2. The first-order chi connectivity index (χ1) is 7.86. The summed E-state index contributed by atoms with van der Waals surface area (Å²) < 4.78 is 0. The highest BCUT2D eigenvalue weighted by Gasteiger charge is 2.11. The number of benzene rings is 1. The summed E-state index contributed by atoms with van der Waals surface area (Å²) in [5, 5.41) is 0. The molecule has 1 aromatic rings. The zero-order valence-corrected chi connectivity index (χ0v) is 9.43. The molecule has 84 valence electrons. The third-order valence-corrected chi connectivity index (χ3v) is 3.04. The van der Waals surface area contributed by atoms with E-state index < -0.39 is 0 Å². The minimum absolute atomic E-state index is 0.0196. The van der Waals surface area contributed by atoms with Crippen LogP contribution in [0.2, 0.25) is 0 Å². The van der Waals surface area contributed by atoms with Crippen molar-refractivity contribution in [3.8, 4) is 0 Å². The van der Waals surface area contributed by atoms with Gasteiger partial charge < -0.3 is 0 Å². The van der Waals surface area contributed by atoms with Crippen molar-refractivity contribution in [2.75, 3.05) is 0 Å². The van der Waals surface area contributed by atoms with Gasteiger partial charge in [0.15, 0.2) is 0 Å². The Balaban J connectivity index is 1.94. The Bertz CT molecular complexity index is 364. The van der Waals surface area contributed by atoms with Crippen LogP contribution in [-0.4, -0.2) is 18.0 Å². The average Bonchev–Trinajstić information content (AvgIpc) is 2.38. The van der Waals surface area contributed by atoms with Crippen molar-refractivity contribution < 1.29 is 4.79 Å². The Morgan fingerprint density at radius 1 is 1.12 bits per heavy atom. The van der Waals surface area contributed by atoms with Gasteiger partial charge in [-0.05, 0) is 12.8 Å². The van der Waals surface area contributed by atoms with Gasteiger partial charge >= 0.3 is 0 Å². The molecule has 0 heterocycles. The number of Topliss-reactive ketones (excluding diaryl/α,β-unsaturated/α-hetero) is 1. The van der Waals surface area contributed by atoms with Crippen LogP contribution in [0.15, 0.2) is 35.3 Å². The van der Waals surface area contributed by atoms with Crippen molar-refractivity contribution in [1.29, 1.82) is 0 Å². The topological polar surface area (TPSA) is 29.4 Å². The van der Waals surface area contributed by atoms with E-state index in [1.165, 1.54) is 25.5 Å². The zero-order valence-electron chi connectivity index (χ0n) is 9.43. The molecule has 16 heavy (non-hydrogen) atoms. The molecule has 0 spiro atoms. The quantitative estimate of drug-likeness (QED) is 0.562. The van der Waals surface area contributed by atoms with E-state index in [9.17, 15) is 4.79 Å². The van der Waals surface area contributed by atoms with Crippen molar-refractivity contribution >= 4 is 12.0 Å². The molecule has 2 heteroatoms. The third kappa shape index (κ3) is 3.02. The van der Waals surface area contributed by atoms with Gasteiger partial charge in [-0.1, -0.05) is 49.6 Å². The predicted molar refractivity (Wildman–Crippen MR) is 66.1 cm³/mol. The highest BCUT2D eigenvalue weighted by atomic mass is 16.1. The van der Waals surface area contributed by atoms with Gasteiger partial charge in [-0.15, -0.1) is 0 Å². The van der Waals surface area contributed by atoms with Gasteiger partial charge in [0.25, 0.3) is 0 Å². The van der Waals surface area contributed by atoms with Gasteiger partial charge in [0, 0.05) is 5.56 Å². The lowest BCUT2D eigenvalue weighted by Crippen LogP contribution is -2.11. The number of hydrogen-bond acceptors (Lipinski definition) is 2. The van der Waals surface area contributed by atoms with Crippen molar-refractivity contribution in [2.45, 2.75) is 38.1 Å². The maximum atomic E-state index is 11.7. The van der Waals surface area contributed by atoms with Crippen LogP contribution in [0.4, 0.5) is 0 Å². The normalized spacial score (nSPS) is 17.8. The summed E-state index contributed by atoms with van der Waals surface area (Å²) in [5.41, 5.74) is 0.724. The smallest absolute Gasteiger partial charge is 0.203 e. The number of carbonyl (C=O) groups excluding carboxylic acids is 1. The molecule has 0 aliphatic heterocycles. The molecule has 1 aliphatic carbocycles. The van der Waals surface area contributed by atoms with Gasteiger partial charge in [0.05, 0.1) is 12.3 Å². The second kappa shape index (κ2) is 5.59. The first-order valence-electron chi connectivity index (χ1n) is 5.99. The van der Waals surface area contributed by atoms with Crippen molar-refractivity contribution in [1.82, 2.24) is 0 Å². The predicted octanol–water partition coefficient (Wildman–Crippen LogP) is 3.27. The fraction of sp³-hybridized carbons (Fsp3) is 0.429. The molecule has 0 atom stereocenters. The van der Waals surface area contributed by atoms with Gasteiger partial charge in [-0.25, -0.2) is 0 Å². The summed E-state index contributed by atoms with van der Waals surface area (Å²) in [4.78, 5) is 16.1. The van der Waals surface area contributed by atoms with Crippen LogP contribution in [-0.2, 0) is 0 Å². The lowest BCUT2D eigenvalue weighted by molar-refractivity contribution is 0.107. The highest BCUT2D eigenvalue weighted by Crippen LogP contribution is 2.19. The van der Waals surface area contributed by atoms with Crippen LogP contribution in [0.25, 0.3) is 0 Å². The molecule has 0 saturated heterocycles. The van der Waals surface area contributed by atoms with Gasteiger partial charge in [-0.2, -0.15) is 0 Å². The van der Waals surface area contributed by atoms with Crippen molar-refractivity contribution in [2.24, 2.45) is 4.99 Å². The molecule has 0 aromatic heterocycles. The molecule has 0 N–H and O–H groups in total. The number of aliphatic imine (C=N–C) groups is 1. The number of nitrogens with zero attached hydrogens (tertiary/aromatic N) is 1. The minimum atomic E-state index is 0.0196. The van der Waals surface area contributed by atoms with Gasteiger partial charge in [0.2, 0.25) is 5.78 Å². The highest BCUT2D eigenvalue weighted by molar-refractivity contribution is 6.35. The second-order valence-corrected chi connectivity index (χ2v) is 4.30. The van der Waals surface area contributed by atoms with Crippen LogP contribution in [0.3, 0.4) is 0 Å². The Kier molecular flexibility index (Phi) is 3.86. The van der Waals surface area contributed by atoms with Crippen molar-refractivity contribution in [3.05, 3.63) is 35.9 Å². The molecule has 0 bridgehead atoms. The maximum Gasteiger partial charge on any atom is 0.203 e. The SMILES string of the molecule is O=C(C=NC1CCCCC1)c1ccccc1. The minimum Gasteiger partial charge on any atom is -0.288 e. The number of hydrogen-bond donors (Lipinski definition) is 0. The maximum absolute atomic E-state index is 11.7. The third-order valence-electron chi connectivity index (χ3n) is 3.04. The largest absolute Gasteiger partial charge is 0.288 e. The van der Waals surface area contributed by atoms with Crippen molar-refractivity contribution in [3.63, 3.8) is 0 Å². The monoisotopic (exact) mass is 215 g/mol. The van der Waals surface area contributed by atoms with E-state index in [1.54, 1.807) is 0 Å². The molecular formula is C14H17NO. The summed E-state index contributed by atoms with van der Waals surface area (Å²) in [6.07, 6.45) is 7.60. The molecule has 2 nitrogen and oxygen atoms in total. The Labute approximate surface area is 96.4 Å². The first kappa shape index (κ1) is 11.1. The fourth-order valence-corrected chi connectivity index (χ4v) is 2.08. The molecule has 0 amide bonds. The molecule has 2 rings (SSSR count). The summed E-state index contributed by atoms with van der Waals surface area (Å²) in [6, 6.07) is 9.70. The van der Waals surface area contributed by atoms with Gasteiger partial charge in [0.1, 0.15) is 0 Å². The van der Waals surface area contributed by atoms with E-state index >= 15 is 0 Å². The summed E-state index contributed by atoms with van der Waals surface area (Å²) in [7, 11) is 0. The summed E-state index contributed by atoms with van der Waals surface area (Å²) in [5.74, 6) is 0.0196. The molecule has 1 aromatic carbocycles. The van der Waals surface area contributed by atoms with E-state index in [1.807, 2.05) is 30.3 Å². The van der Waals surface area contributed by atoms with Gasteiger partial charge in [-0.3, -0.25) is 9.79 Å². The molecule has 1 fully saturated rings. The first-order valence-corrected chi connectivity index (χ1v) is 5.99. The Morgan fingerprint density at radius 2 is 1.81 bits per heavy atom. The lowest BCUT2D eigenvalue weighted by Gasteiger charge is -2.16. The summed E-state index contributed by atoms with van der Waals surface area (Å²) >= 11 is 0. The van der Waals surface area contributed by atoms with E-state index in [0.29, 0.717) is 6.04 Å². The molecular weight excluding hydrogens is 198 g/mol. The van der Waals surface area contributed by atoms with E-state index in [-0.39, 0.29) is 5.78 Å². The lowest BCUT2D eigenvalue weighted by atomic mass is 9.96. The molecule has 0 radical (unpaired) electrons. The van der Waals surface area contributed by atoms with Crippen LogP contribution in [0, 0.1) is 0 Å². The van der Waals surface area contributed by atoms with Crippen LogP contribution in [0.1, 0.15) is 42.5 Å².